The zero-order valence-electron chi connectivity index (χ0n) is 16.2. The Hall–Kier alpha value is -2.34. The Morgan fingerprint density at radius 1 is 1.25 bits per heavy atom. The van der Waals surface area contributed by atoms with E-state index in [0.29, 0.717) is 29.9 Å². The molecule has 1 amide bonds. The van der Waals surface area contributed by atoms with Crippen LogP contribution in [0.1, 0.15) is 55.8 Å². The van der Waals surface area contributed by atoms with Gasteiger partial charge < -0.3 is 14.6 Å². The predicted molar refractivity (Wildman–Crippen MR) is 109 cm³/mol. The first-order valence-corrected chi connectivity index (χ1v) is 10.0. The van der Waals surface area contributed by atoms with Gasteiger partial charge in [-0.25, -0.2) is 4.79 Å². The fraction of sp³-hybridized carbons (Fsp3) is 0.476. The number of nitrogens with one attached hydrogen (secondary N) is 1. The molecule has 1 heterocycles. The van der Waals surface area contributed by atoms with Gasteiger partial charge in [0.25, 0.3) is 11.5 Å². The highest BCUT2D eigenvalue weighted by Crippen LogP contribution is 2.31. The fourth-order valence-corrected chi connectivity index (χ4v) is 4.05. The number of pyridine rings is 1. The molecule has 0 spiro atoms. The van der Waals surface area contributed by atoms with Gasteiger partial charge in [0.15, 0.2) is 0 Å². The molecule has 1 aromatic heterocycles. The number of fused-ring (bicyclic) bond motifs is 1. The van der Waals surface area contributed by atoms with E-state index in [0.717, 1.165) is 31.1 Å². The van der Waals surface area contributed by atoms with Crippen molar-refractivity contribution in [2.24, 2.45) is 0 Å². The van der Waals surface area contributed by atoms with Crippen LogP contribution in [-0.4, -0.2) is 29.1 Å². The second-order valence-corrected chi connectivity index (χ2v) is 7.74. The number of methoxy groups -OCH3 is 1. The SMILES string of the molecule is CCCCn1c(=O)c(C(=O)NC2(C(=O)OC)CCCC2)cc2ccc(Cl)cc21. The van der Waals surface area contributed by atoms with Gasteiger partial charge in [-0.05, 0) is 42.8 Å². The van der Waals surface area contributed by atoms with Crippen LogP contribution in [0.3, 0.4) is 0 Å². The third-order valence-corrected chi connectivity index (χ3v) is 5.66. The van der Waals surface area contributed by atoms with E-state index in [1.54, 1.807) is 28.8 Å². The number of aromatic nitrogens is 1. The Kier molecular flexibility index (Phi) is 6.08. The van der Waals surface area contributed by atoms with Gasteiger partial charge in [-0.1, -0.05) is 43.9 Å². The molecule has 6 nitrogen and oxygen atoms in total. The van der Waals surface area contributed by atoms with Crippen LogP contribution in [-0.2, 0) is 16.1 Å². The van der Waals surface area contributed by atoms with Gasteiger partial charge in [0.2, 0.25) is 0 Å². The monoisotopic (exact) mass is 404 g/mol. The van der Waals surface area contributed by atoms with Gasteiger partial charge in [-0.15, -0.1) is 0 Å². The number of unbranched alkanes of at least 4 members (excludes halogenated alkanes) is 1. The van der Waals surface area contributed by atoms with Crippen molar-refractivity contribution in [2.45, 2.75) is 57.5 Å². The van der Waals surface area contributed by atoms with Crippen molar-refractivity contribution in [1.29, 1.82) is 0 Å². The van der Waals surface area contributed by atoms with Crippen LogP contribution >= 0.6 is 11.6 Å². The summed E-state index contributed by atoms with van der Waals surface area (Å²) in [5.41, 5.74) is -0.701. The first-order valence-electron chi connectivity index (χ1n) is 9.66. The molecule has 28 heavy (non-hydrogen) atoms. The van der Waals surface area contributed by atoms with Crippen LogP contribution in [0.2, 0.25) is 5.02 Å². The molecule has 0 saturated heterocycles. The lowest BCUT2D eigenvalue weighted by molar-refractivity contribution is -0.148. The number of hydrogen-bond acceptors (Lipinski definition) is 4. The minimum absolute atomic E-state index is 0.0288. The Bertz CT molecular complexity index is 961. The third kappa shape index (κ3) is 3.78. The lowest BCUT2D eigenvalue weighted by atomic mass is 9.97. The number of benzene rings is 1. The molecule has 1 fully saturated rings. The van der Waals surface area contributed by atoms with Crippen molar-refractivity contribution in [2.75, 3.05) is 7.11 Å². The lowest BCUT2D eigenvalue weighted by Gasteiger charge is -2.27. The molecule has 0 bridgehead atoms. The standard InChI is InChI=1S/C21H25ClN2O4/c1-3-4-11-24-17-13-15(22)8-7-14(17)12-16(19(24)26)18(25)23-21(20(27)28-2)9-5-6-10-21/h7-8,12-13H,3-6,9-11H2,1-2H3,(H,23,25). The quantitative estimate of drug-likeness (QED) is 0.745. The van der Waals surface area contributed by atoms with E-state index >= 15 is 0 Å². The molecule has 0 aliphatic heterocycles. The second-order valence-electron chi connectivity index (χ2n) is 7.31. The van der Waals surface area contributed by atoms with Crippen LogP contribution in [0.5, 0.6) is 0 Å². The maximum atomic E-state index is 13.1. The summed E-state index contributed by atoms with van der Waals surface area (Å²) in [4.78, 5) is 38.4. The van der Waals surface area contributed by atoms with Gasteiger partial charge in [0, 0.05) is 11.6 Å². The Morgan fingerprint density at radius 3 is 2.61 bits per heavy atom. The number of rotatable bonds is 6. The summed E-state index contributed by atoms with van der Waals surface area (Å²) in [7, 11) is 1.31. The first-order chi connectivity index (χ1) is 13.4. The highest BCUT2D eigenvalue weighted by Gasteiger charge is 2.44. The number of amides is 1. The average molecular weight is 405 g/mol. The van der Waals surface area contributed by atoms with E-state index in [2.05, 4.69) is 5.32 Å². The number of halogens is 1. The van der Waals surface area contributed by atoms with Gasteiger partial charge in [-0.2, -0.15) is 0 Å². The minimum atomic E-state index is -1.05. The highest BCUT2D eigenvalue weighted by molar-refractivity contribution is 6.31. The summed E-state index contributed by atoms with van der Waals surface area (Å²) >= 11 is 6.12. The van der Waals surface area contributed by atoms with Crippen LogP contribution in [0.4, 0.5) is 0 Å². The van der Waals surface area contributed by atoms with Crippen molar-refractivity contribution >= 4 is 34.4 Å². The molecule has 1 aliphatic carbocycles. The smallest absolute Gasteiger partial charge is 0.331 e. The second kappa shape index (κ2) is 8.35. The van der Waals surface area contributed by atoms with E-state index in [-0.39, 0.29) is 11.1 Å². The molecular weight excluding hydrogens is 380 g/mol. The number of hydrogen-bond donors (Lipinski definition) is 1. The molecule has 0 radical (unpaired) electrons. The van der Waals surface area contributed by atoms with Crippen molar-refractivity contribution in [3.05, 3.63) is 45.2 Å². The molecule has 1 N–H and O–H groups in total. The molecule has 1 aliphatic rings. The third-order valence-electron chi connectivity index (χ3n) is 5.42. The molecule has 150 valence electrons. The van der Waals surface area contributed by atoms with Crippen LogP contribution in [0.25, 0.3) is 10.9 Å². The highest BCUT2D eigenvalue weighted by atomic mass is 35.5. The normalized spacial score (nSPS) is 15.5. The summed E-state index contributed by atoms with van der Waals surface area (Å²) in [5.74, 6) is -1.00. The zero-order valence-corrected chi connectivity index (χ0v) is 17.0. The maximum absolute atomic E-state index is 13.1. The van der Waals surface area contributed by atoms with E-state index in [1.807, 2.05) is 6.92 Å². The maximum Gasteiger partial charge on any atom is 0.331 e. The zero-order chi connectivity index (χ0) is 20.3. The van der Waals surface area contributed by atoms with Gasteiger partial charge in [0.05, 0.1) is 12.6 Å². The summed E-state index contributed by atoms with van der Waals surface area (Å²) in [6, 6.07) is 6.84. The van der Waals surface area contributed by atoms with Crippen LogP contribution in [0.15, 0.2) is 29.1 Å². The van der Waals surface area contributed by atoms with Gasteiger partial charge >= 0.3 is 5.97 Å². The van der Waals surface area contributed by atoms with Crippen LogP contribution in [0, 0.1) is 0 Å². The summed E-state index contributed by atoms with van der Waals surface area (Å²) in [6.07, 6.45) is 4.39. The fourth-order valence-electron chi connectivity index (χ4n) is 3.88. The van der Waals surface area contributed by atoms with E-state index in [9.17, 15) is 14.4 Å². The molecule has 0 atom stereocenters. The lowest BCUT2D eigenvalue weighted by Crippen LogP contribution is -2.54. The van der Waals surface area contributed by atoms with Crippen molar-refractivity contribution < 1.29 is 14.3 Å². The largest absolute Gasteiger partial charge is 0.467 e. The van der Waals surface area contributed by atoms with E-state index < -0.39 is 17.4 Å². The van der Waals surface area contributed by atoms with Gasteiger partial charge in [0.1, 0.15) is 11.1 Å². The van der Waals surface area contributed by atoms with Gasteiger partial charge in [-0.3, -0.25) is 9.59 Å². The number of ether oxygens (including phenoxy) is 1. The molecule has 7 heteroatoms. The summed E-state index contributed by atoms with van der Waals surface area (Å²) in [6.45, 7) is 2.53. The Morgan fingerprint density at radius 2 is 1.96 bits per heavy atom. The molecular formula is C21H25ClN2O4. The van der Waals surface area contributed by atoms with Crippen molar-refractivity contribution in [1.82, 2.24) is 9.88 Å². The minimum Gasteiger partial charge on any atom is -0.467 e. The topological polar surface area (TPSA) is 77.4 Å². The van der Waals surface area contributed by atoms with Crippen molar-refractivity contribution in [3.63, 3.8) is 0 Å². The summed E-state index contributed by atoms with van der Waals surface area (Å²) in [5, 5.41) is 4.09. The molecule has 1 saturated carbocycles. The molecule has 1 aromatic carbocycles. The molecule has 2 aromatic rings. The first kappa shape index (κ1) is 20.4. The number of aryl methyl sites for hydroxylation is 1. The average Bonchev–Trinajstić information content (AvgIpc) is 3.16. The summed E-state index contributed by atoms with van der Waals surface area (Å²) < 4.78 is 6.51. The van der Waals surface area contributed by atoms with Crippen molar-refractivity contribution in [3.8, 4) is 0 Å². The van der Waals surface area contributed by atoms with E-state index in [1.165, 1.54) is 7.11 Å². The number of carbonyl (C=O) groups excluding carboxylic acids is 2. The Labute approximate surface area is 168 Å². The van der Waals surface area contributed by atoms with E-state index in [4.69, 9.17) is 16.3 Å². The number of nitrogens with zero attached hydrogens (tertiary/aromatic N) is 1. The van der Waals surface area contributed by atoms with Crippen LogP contribution < -0.4 is 10.9 Å². The predicted octanol–water partition coefficient (Wildman–Crippen LogP) is 3.67. The molecule has 3 rings (SSSR count). The molecule has 0 unspecified atom stereocenters. The number of esters is 1. The Balaban J connectivity index is 2.05. The number of carbonyl (C=O) groups is 2.